The van der Waals surface area contributed by atoms with E-state index in [2.05, 4.69) is 0 Å². The Labute approximate surface area is 119 Å². The Hall–Kier alpha value is -2.51. The molecule has 0 aromatic heterocycles. The van der Waals surface area contributed by atoms with Gasteiger partial charge in [0, 0.05) is 12.1 Å². The number of rotatable bonds is 6. The number of benzene rings is 1. The molecule has 21 heavy (non-hydrogen) atoms. The van der Waals surface area contributed by atoms with Crippen LogP contribution in [0.15, 0.2) is 23.1 Å². The quantitative estimate of drug-likeness (QED) is 0.462. The number of hydrogen-bond acceptors (Lipinski definition) is 5. The molecule has 0 atom stereocenters. The van der Waals surface area contributed by atoms with Crippen LogP contribution < -0.4 is 0 Å². The lowest BCUT2D eigenvalue weighted by Crippen LogP contribution is -2.36. The molecule has 0 saturated heterocycles. The number of hydrogen-bond donors (Lipinski definition) is 1. The Bertz CT molecular complexity index is 725. The molecule has 10 heteroatoms. The fraction of sp³-hybridized carbons (Fsp3) is 0.182. The third-order valence-corrected chi connectivity index (χ3v) is 4.13. The summed E-state index contributed by atoms with van der Waals surface area (Å²) >= 11 is 0. The molecule has 0 aliphatic carbocycles. The predicted molar refractivity (Wildman–Crippen MR) is 68.3 cm³/mol. The number of terminal acetylenes is 1. The fourth-order valence-electron chi connectivity index (χ4n) is 1.42. The number of aliphatic carboxylic acids is 1. The first kappa shape index (κ1) is 16.5. The zero-order chi connectivity index (χ0) is 16.2. The van der Waals surface area contributed by atoms with Gasteiger partial charge in [0.1, 0.15) is 17.3 Å². The van der Waals surface area contributed by atoms with E-state index in [1.807, 2.05) is 5.92 Å². The average molecular weight is 316 g/mol. The van der Waals surface area contributed by atoms with Gasteiger partial charge in [0.05, 0.1) is 11.5 Å². The first-order valence-corrected chi connectivity index (χ1v) is 6.73. The van der Waals surface area contributed by atoms with Gasteiger partial charge in [-0.25, -0.2) is 12.8 Å². The van der Waals surface area contributed by atoms with Crippen molar-refractivity contribution in [2.24, 2.45) is 0 Å². The maximum Gasteiger partial charge on any atom is 0.318 e. The number of carboxylic acids is 1. The highest BCUT2D eigenvalue weighted by atomic mass is 32.2. The van der Waals surface area contributed by atoms with Crippen molar-refractivity contribution in [1.82, 2.24) is 4.31 Å². The molecule has 1 rings (SSSR count). The Balaban J connectivity index is 3.40. The first-order chi connectivity index (χ1) is 9.70. The summed E-state index contributed by atoms with van der Waals surface area (Å²) in [5.74, 6) is -0.810. The molecule has 0 heterocycles. The minimum atomic E-state index is -4.61. The minimum Gasteiger partial charge on any atom is -0.480 e. The van der Waals surface area contributed by atoms with Crippen LogP contribution in [0.5, 0.6) is 0 Å². The number of nitro benzene ring substituents is 1. The second-order valence-corrected chi connectivity index (χ2v) is 5.65. The van der Waals surface area contributed by atoms with E-state index in [4.69, 9.17) is 11.5 Å². The van der Waals surface area contributed by atoms with Gasteiger partial charge in [-0.2, -0.15) is 4.31 Å². The van der Waals surface area contributed by atoms with Crippen LogP contribution in [-0.2, 0) is 14.8 Å². The lowest BCUT2D eigenvalue weighted by molar-refractivity contribution is -0.385. The molecule has 0 amide bonds. The summed E-state index contributed by atoms with van der Waals surface area (Å²) in [6.45, 7) is -1.61. The van der Waals surface area contributed by atoms with Crippen molar-refractivity contribution in [2.45, 2.75) is 4.90 Å². The second-order valence-electron chi connectivity index (χ2n) is 3.74. The van der Waals surface area contributed by atoms with Crippen molar-refractivity contribution in [1.29, 1.82) is 0 Å². The van der Waals surface area contributed by atoms with Gasteiger partial charge < -0.3 is 5.11 Å². The third kappa shape index (κ3) is 3.74. The summed E-state index contributed by atoms with van der Waals surface area (Å²) in [7, 11) is -4.61. The highest BCUT2D eigenvalue weighted by Gasteiger charge is 2.30. The standard InChI is InChI=1S/C11H9FN2O6S/c1-2-5-13(7-11(15)16)21(19,20)10-6-8(14(17)18)3-4-9(10)12/h1,3-4,6H,5,7H2,(H,15,16). The van der Waals surface area contributed by atoms with Crippen molar-refractivity contribution in [3.05, 3.63) is 34.1 Å². The molecule has 1 aromatic rings. The Kier molecular flexibility index (Phi) is 4.96. The van der Waals surface area contributed by atoms with Crippen molar-refractivity contribution < 1.29 is 27.6 Å². The topological polar surface area (TPSA) is 118 Å². The van der Waals surface area contributed by atoms with Gasteiger partial charge in [0.25, 0.3) is 5.69 Å². The molecule has 8 nitrogen and oxygen atoms in total. The van der Waals surface area contributed by atoms with Crippen molar-refractivity contribution in [3.63, 3.8) is 0 Å². The molecule has 0 saturated carbocycles. The summed E-state index contributed by atoms with van der Waals surface area (Å²) in [5, 5.41) is 19.3. The Morgan fingerprint density at radius 2 is 2.14 bits per heavy atom. The largest absolute Gasteiger partial charge is 0.480 e. The van der Waals surface area contributed by atoms with E-state index >= 15 is 0 Å². The van der Waals surface area contributed by atoms with Crippen LogP contribution in [0.1, 0.15) is 0 Å². The van der Waals surface area contributed by atoms with Crippen molar-refractivity contribution in [3.8, 4) is 12.3 Å². The predicted octanol–water partition coefficient (Wildman–Crippen LogP) is 0.442. The summed E-state index contributed by atoms with van der Waals surface area (Å²) in [6.07, 6.45) is 4.95. The third-order valence-electron chi connectivity index (χ3n) is 2.32. The lowest BCUT2D eigenvalue weighted by Gasteiger charge is -2.17. The van der Waals surface area contributed by atoms with E-state index < -0.39 is 50.4 Å². The summed E-state index contributed by atoms with van der Waals surface area (Å²) in [4.78, 5) is 19.4. The molecule has 1 N–H and O–H groups in total. The summed E-state index contributed by atoms with van der Waals surface area (Å²) in [5.41, 5.74) is -0.647. The molecule has 1 aromatic carbocycles. The highest BCUT2D eigenvalue weighted by Crippen LogP contribution is 2.24. The zero-order valence-corrected chi connectivity index (χ0v) is 11.2. The highest BCUT2D eigenvalue weighted by molar-refractivity contribution is 7.89. The summed E-state index contributed by atoms with van der Waals surface area (Å²) in [6, 6.07) is 1.91. The molecule has 0 fully saturated rings. The SMILES string of the molecule is C#CCN(CC(=O)O)S(=O)(=O)c1cc([N+](=O)[O-])ccc1F. The first-order valence-electron chi connectivity index (χ1n) is 5.29. The van der Waals surface area contributed by atoms with Gasteiger partial charge in [-0.3, -0.25) is 14.9 Å². The van der Waals surface area contributed by atoms with E-state index in [0.717, 1.165) is 6.07 Å². The number of nitrogens with zero attached hydrogens (tertiary/aromatic N) is 2. The average Bonchev–Trinajstić information content (AvgIpc) is 2.37. The molecule has 0 aliphatic rings. The maximum atomic E-state index is 13.6. The number of non-ortho nitro benzene ring substituents is 1. The molecule has 0 radical (unpaired) electrons. The molecular weight excluding hydrogens is 307 g/mol. The maximum absolute atomic E-state index is 13.6. The smallest absolute Gasteiger partial charge is 0.318 e. The van der Waals surface area contributed by atoms with Gasteiger partial charge in [-0.1, -0.05) is 5.92 Å². The Morgan fingerprint density at radius 1 is 1.52 bits per heavy atom. The normalized spacial score (nSPS) is 11.1. The second kappa shape index (κ2) is 6.29. The van der Waals surface area contributed by atoms with Gasteiger partial charge in [-0.15, -0.1) is 6.42 Å². The number of sulfonamides is 1. The number of nitro groups is 1. The monoisotopic (exact) mass is 316 g/mol. The molecule has 0 unspecified atom stereocenters. The molecule has 0 aliphatic heterocycles. The van der Waals surface area contributed by atoms with Gasteiger partial charge >= 0.3 is 5.97 Å². The zero-order valence-electron chi connectivity index (χ0n) is 10.4. The van der Waals surface area contributed by atoms with E-state index in [1.165, 1.54) is 0 Å². The van der Waals surface area contributed by atoms with Crippen LogP contribution in [0.25, 0.3) is 0 Å². The van der Waals surface area contributed by atoms with Gasteiger partial charge in [0.2, 0.25) is 10.0 Å². The van der Waals surface area contributed by atoms with E-state index in [1.54, 1.807) is 0 Å². The fourth-order valence-corrected chi connectivity index (χ4v) is 2.81. The van der Waals surface area contributed by atoms with E-state index in [0.29, 0.717) is 16.4 Å². The van der Waals surface area contributed by atoms with Crippen LogP contribution in [-0.4, -0.2) is 41.8 Å². The van der Waals surface area contributed by atoms with E-state index in [9.17, 15) is 27.7 Å². The van der Waals surface area contributed by atoms with E-state index in [-0.39, 0.29) is 0 Å². The van der Waals surface area contributed by atoms with Crippen LogP contribution >= 0.6 is 0 Å². The van der Waals surface area contributed by atoms with Crippen LogP contribution in [0.4, 0.5) is 10.1 Å². The Morgan fingerprint density at radius 3 is 2.62 bits per heavy atom. The lowest BCUT2D eigenvalue weighted by atomic mass is 10.3. The van der Waals surface area contributed by atoms with Crippen molar-refractivity contribution >= 4 is 21.7 Å². The molecule has 112 valence electrons. The van der Waals surface area contributed by atoms with Crippen LogP contribution in [0, 0.1) is 28.3 Å². The summed E-state index contributed by atoms with van der Waals surface area (Å²) < 4.78 is 38.3. The molecule has 0 spiro atoms. The molecule has 0 bridgehead atoms. The van der Waals surface area contributed by atoms with Crippen LogP contribution in [0.2, 0.25) is 0 Å². The van der Waals surface area contributed by atoms with Gasteiger partial charge in [-0.05, 0) is 6.07 Å². The molecular formula is C11H9FN2O6S. The van der Waals surface area contributed by atoms with Gasteiger partial charge in [0.15, 0.2) is 0 Å². The minimum absolute atomic E-state index is 0.331. The number of halogens is 1. The van der Waals surface area contributed by atoms with Crippen molar-refractivity contribution in [2.75, 3.05) is 13.1 Å². The number of carbonyl (C=O) groups is 1. The van der Waals surface area contributed by atoms with Crippen LogP contribution in [0.3, 0.4) is 0 Å². The number of carboxylic acid groups (broad SMARTS) is 1.